The van der Waals surface area contributed by atoms with Crippen molar-refractivity contribution in [1.29, 1.82) is 0 Å². The Balaban J connectivity index is 1.65. The van der Waals surface area contributed by atoms with Crippen molar-refractivity contribution < 1.29 is 18.3 Å². The van der Waals surface area contributed by atoms with Crippen LogP contribution in [0, 0.1) is 5.82 Å². The summed E-state index contributed by atoms with van der Waals surface area (Å²) in [5.41, 5.74) is 0.417. The summed E-state index contributed by atoms with van der Waals surface area (Å²) in [5, 5.41) is 2.63. The van der Waals surface area contributed by atoms with E-state index in [1.807, 2.05) is 22.9 Å². The van der Waals surface area contributed by atoms with Gasteiger partial charge in [0.2, 0.25) is 5.91 Å². The Kier molecular flexibility index (Phi) is 6.28. The summed E-state index contributed by atoms with van der Waals surface area (Å²) < 4.78 is 31.4. The van der Waals surface area contributed by atoms with Gasteiger partial charge in [0.05, 0.1) is 18.1 Å². The van der Waals surface area contributed by atoms with Gasteiger partial charge in [0.1, 0.15) is 30.3 Å². The number of nitrogens with one attached hydrogen (secondary N) is 1. The first kappa shape index (κ1) is 19.6. The molecule has 1 saturated heterocycles. The number of carbonyl (C=O) groups excluding carboxylic acids is 1. The summed E-state index contributed by atoms with van der Waals surface area (Å²) in [4.78, 5) is 20.8. The van der Waals surface area contributed by atoms with Gasteiger partial charge in [-0.1, -0.05) is 11.6 Å². The van der Waals surface area contributed by atoms with Crippen LogP contribution in [-0.2, 0) is 9.53 Å². The fourth-order valence-corrected chi connectivity index (χ4v) is 3.09. The molecule has 0 saturated carbocycles. The lowest BCUT2D eigenvalue weighted by molar-refractivity contribution is -0.115. The molecule has 2 heterocycles. The van der Waals surface area contributed by atoms with Crippen LogP contribution in [0.4, 0.5) is 14.5 Å². The quantitative estimate of drug-likeness (QED) is 0.828. The van der Waals surface area contributed by atoms with Crippen molar-refractivity contribution in [2.75, 3.05) is 45.3 Å². The van der Waals surface area contributed by atoms with Crippen molar-refractivity contribution in [2.24, 2.45) is 4.99 Å². The molecule has 146 valence electrons. The predicted molar refractivity (Wildman–Crippen MR) is 100 cm³/mol. The number of benzene rings is 1. The summed E-state index contributed by atoms with van der Waals surface area (Å²) in [6, 6.07) is 4.00. The van der Waals surface area contributed by atoms with Crippen LogP contribution in [0.5, 0.6) is 0 Å². The number of hydrogen-bond donors (Lipinski definition) is 1. The lowest BCUT2D eigenvalue weighted by Crippen LogP contribution is -2.44. The van der Waals surface area contributed by atoms with E-state index >= 15 is 0 Å². The van der Waals surface area contributed by atoms with Gasteiger partial charge in [-0.25, -0.2) is 13.8 Å². The molecule has 1 unspecified atom stereocenters. The fourth-order valence-electron chi connectivity index (χ4n) is 2.90. The van der Waals surface area contributed by atoms with Gasteiger partial charge in [-0.2, -0.15) is 0 Å². The highest BCUT2D eigenvalue weighted by molar-refractivity contribution is 6.31. The third kappa shape index (κ3) is 4.95. The van der Waals surface area contributed by atoms with Gasteiger partial charge in [-0.3, -0.25) is 4.79 Å². The molecule has 2 aliphatic heterocycles. The highest BCUT2D eigenvalue weighted by Gasteiger charge is 2.25. The third-order valence-corrected chi connectivity index (χ3v) is 4.68. The molecular formula is C18H21ClF2N4O2. The zero-order valence-corrected chi connectivity index (χ0v) is 15.7. The normalized spacial score (nSPS) is 20.2. The summed E-state index contributed by atoms with van der Waals surface area (Å²) >= 11 is 5.73. The smallest absolute Gasteiger partial charge is 0.231 e. The molecular weight excluding hydrogens is 378 g/mol. The van der Waals surface area contributed by atoms with Crippen LogP contribution in [0.25, 0.3) is 0 Å². The first-order chi connectivity index (χ1) is 13.0. The van der Waals surface area contributed by atoms with E-state index in [0.29, 0.717) is 37.8 Å². The Labute approximate surface area is 161 Å². The van der Waals surface area contributed by atoms with E-state index in [-0.39, 0.29) is 17.4 Å². The van der Waals surface area contributed by atoms with Crippen LogP contribution in [0.2, 0.25) is 5.02 Å². The second kappa shape index (κ2) is 8.67. The average molecular weight is 399 g/mol. The Morgan fingerprint density at radius 2 is 2.30 bits per heavy atom. The van der Waals surface area contributed by atoms with Gasteiger partial charge >= 0.3 is 0 Å². The van der Waals surface area contributed by atoms with Crippen LogP contribution in [0.1, 0.15) is 6.42 Å². The van der Waals surface area contributed by atoms with E-state index in [9.17, 15) is 13.6 Å². The van der Waals surface area contributed by atoms with Gasteiger partial charge in [0.15, 0.2) is 0 Å². The standard InChI is InChI=1S/C18H21ClF2N4O2/c1-24-5-4-16(25-6-7-27-13(10-20)11-25)23-17(24)9-18(26)22-12-2-3-15(21)14(19)8-12/h2-4,8,13H,5-7,9-11H2,1H3,(H,22,26). The fraction of sp³-hybridized carbons (Fsp3) is 0.444. The lowest BCUT2D eigenvalue weighted by atomic mass is 10.2. The van der Waals surface area contributed by atoms with Gasteiger partial charge in [0.25, 0.3) is 0 Å². The minimum atomic E-state index is -0.544. The Morgan fingerprint density at radius 1 is 1.48 bits per heavy atom. The topological polar surface area (TPSA) is 57.2 Å². The van der Waals surface area contributed by atoms with Crippen molar-refractivity contribution in [1.82, 2.24) is 9.80 Å². The number of carbonyl (C=O) groups is 1. The molecule has 0 aromatic heterocycles. The van der Waals surface area contributed by atoms with Crippen LogP contribution in [0.15, 0.2) is 35.1 Å². The number of morpholine rings is 1. The summed E-state index contributed by atoms with van der Waals surface area (Å²) in [6.07, 6.45) is 1.55. The second-order valence-corrected chi connectivity index (χ2v) is 6.83. The number of halogens is 3. The molecule has 3 rings (SSSR count). The number of nitrogens with zero attached hydrogens (tertiary/aromatic N) is 3. The SMILES string of the molecule is CN1CC=C(N2CCOC(CF)C2)N=C1CC(=O)Nc1ccc(F)c(Cl)c1. The number of ether oxygens (including phenoxy) is 1. The summed E-state index contributed by atoms with van der Waals surface area (Å²) in [5.74, 6) is 0.495. The molecule has 1 fully saturated rings. The number of alkyl halides is 1. The highest BCUT2D eigenvalue weighted by Crippen LogP contribution is 2.21. The molecule has 1 aromatic carbocycles. The molecule has 0 spiro atoms. The van der Waals surface area contributed by atoms with Gasteiger partial charge in [0, 0.05) is 32.4 Å². The van der Waals surface area contributed by atoms with Crippen LogP contribution in [0.3, 0.4) is 0 Å². The van der Waals surface area contributed by atoms with Gasteiger partial charge in [-0.05, 0) is 24.3 Å². The summed E-state index contributed by atoms with van der Waals surface area (Å²) in [7, 11) is 1.85. The molecule has 6 nitrogen and oxygen atoms in total. The van der Waals surface area contributed by atoms with Crippen molar-refractivity contribution >= 4 is 29.0 Å². The highest BCUT2D eigenvalue weighted by atomic mass is 35.5. The molecule has 9 heteroatoms. The van der Waals surface area contributed by atoms with Crippen molar-refractivity contribution in [2.45, 2.75) is 12.5 Å². The Hall–Kier alpha value is -2.19. The summed E-state index contributed by atoms with van der Waals surface area (Å²) in [6.45, 7) is 1.56. The zero-order valence-electron chi connectivity index (χ0n) is 14.9. The van der Waals surface area contributed by atoms with E-state index in [4.69, 9.17) is 16.3 Å². The van der Waals surface area contributed by atoms with E-state index in [1.54, 1.807) is 0 Å². The average Bonchev–Trinajstić information content (AvgIpc) is 2.66. The van der Waals surface area contributed by atoms with E-state index in [1.165, 1.54) is 18.2 Å². The molecule has 0 aliphatic carbocycles. The van der Waals surface area contributed by atoms with Crippen molar-refractivity contribution in [3.8, 4) is 0 Å². The predicted octanol–water partition coefficient (Wildman–Crippen LogP) is 2.66. The minimum absolute atomic E-state index is 0.0553. The lowest BCUT2D eigenvalue weighted by Gasteiger charge is -2.35. The largest absolute Gasteiger partial charge is 0.372 e. The second-order valence-electron chi connectivity index (χ2n) is 6.42. The number of anilines is 1. The maximum Gasteiger partial charge on any atom is 0.231 e. The number of hydrogen-bond acceptors (Lipinski definition) is 5. The number of rotatable bonds is 5. The molecule has 1 aromatic rings. The van der Waals surface area contributed by atoms with Crippen LogP contribution < -0.4 is 5.32 Å². The maximum atomic E-state index is 13.2. The molecule has 0 radical (unpaired) electrons. The molecule has 2 aliphatic rings. The monoisotopic (exact) mass is 398 g/mol. The maximum absolute atomic E-state index is 13.2. The van der Waals surface area contributed by atoms with E-state index in [2.05, 4.69) is 10.3 Å². The molecule has 27 heavy (non-hydrogen) atoms. The number of likely N-dealkylation sites (N-methyl/N-ethyl adjacent to an activating group) is 1. The number of amidine groups is 1. The Morgan fingerprint density at radius 3 is 3.04 bits per heavy atom. The molecule has 0 bridgehead atoms. The van der Waals surface area contributed by atoms with E-state index < -0.39 is 18.6 Å². The Bertz CT molecular complexity index is 772. The minimum Gasteiger partial charge on any atom is -0.372 e. The van der Waals surface area contributed by atoms with Crippen LogP contribution in [-0.4, -0.2) is 67.6 Å². The first-order valence-electron chi connectivity index (χ1n) is 8.62. The zero-order chi connectivity index (χ0) is 19.4. The first-order valence-corrected chi connectivity index (χ1v) is 9.00. The van der Waals surface area contributed by atoms with Crippen molar-refractivity contribution in [3.63, 3.8) is 0 Å². The molecule has 1 amide bonds. The third-order valence-electron chi connectivity index (χ3n) is 4.39. The number of amides is 1. The van der Waals surface area contributed by atoms with E-state index in [0.717, 1.165) is 5.82 Å². The molecule has 1 atom stereocenters. The number of aliphatic imine (C=N–C) groups is 1. The van der Waals surface area contributed by atoms with Gasteiger partial charge in [-0.15, -0.1) is 0 Å². The van der Waals surface area contributed by atoms with Gasteiger partial charge < -0.3 is 19.9 Å². The van der Waals surface area contributed by atoms with Crippen molar-refractivity contribution in [3.05, 3.63) is 40.9 Å². The molecule has 1 N–H and O–H groups in total. The van der Waals surface area contributed by atoms with Crippen LogP contribution >= 0.6 is 11.6 Å².